The first-order chi connectivity index (χ1) is 9.96. The summed E-state index contributed by atoms with van der Waals surface area (Å²) >= 11 is 3.72. The third-order valence-corrected chi connectivity index (χ3v) is 6.66. The fourth-order valence-corrected chi connectivity index (χ4v) is 5.42. The molecule has 1 aliphatic rings. The van der Waals surface area contributed by atoms with Crippen molar-refractivity contribution in [3.05, 3.63) is 29.8 Å². The van der Waals surface area contributed by atoms with Gasteiger partial charge in [0.05, 0.1) is 20.0 Å². The highest BCUT2D eigenvalue weighted by molar-refractivity contribution is 8.04. The van der Waals surface area contributed by atoms with E-state index < -0.39 is 10.1 Å². The second kappa shape index (κ2) is 7.76. The molecule has 0 spiro atoms. The molecule has 1 aromatic rings. The van der Waals surface area contributed by atoms with Crippen molar-refractivity contribution >= 4 is 33.6 Å². The molecule has 0 aromatic heterocycles. The Morgan fingerprint density at radius 2 is 2.05 bits per heavy atom. The van der Waals surface area contributed by atoms with Crippen molar-refractivity contribution in [2.45, 2.75) is 22.7 Å². The van der Waals surface area contributed by atoms with Gasteiger partial charge in [-0.2, -0.15) is 31.9 Å². The van der Waals surface area contributed by atoms with Crippen LogP contribution in [-0.2, 0) is 20.1 Å². The van der Waals surface area contributed by atoms with E-state index in [0.717, 1.165) is 29.9 Å². The lowest BCUT2D eigenvalue weighted by molar-refractivity contribution is 0.320. The molecule has 2 rings (SSSR count). The number of rotatable bonds is 7. The van der Waals surface area contributed by atoms with Crippen LogP contribution < -0.4 is 4.74 Å². The Balaban J connectivity index is 1.72. The van der Waals surface area contributed by atoms with Gasteiger partial charge < -0.3 is 4.74 Å². The third-order valence-electron chi connectivity index (χ3n) is 3.16. The fraction of sp³-hybridized carbons (Fsp3) is 0.571. The predicted molar refractivity (Wildman–Crippen MR) is 89.7 cm³/mol. The van der Waals surface area contributed by atoms with Crippen molar-refractivity contribution in [1.82, 2.24) is 0 Å². The Morgan fingerprint density at radius 1 is 1.33 bits per heavy atom. The van der Waals surface area contributed by atoms with E-state index >= 15 is 0 Å². The smallest absolute Gasteiger partial charge is 0.264 e. The highest BCUT2D eigenvalue weighted by atomic mass is 32.2. The van der Waals surface area contributed by atoms with E-state index in [9.17, 15) is 8.42 Å². The van der Waals surface area contributed by atoms with E-state index in [-0.39, 0.29) is 5.25 Å². The van der Waals surface area contributed by atoms with Gasteiger partial charge in [-0.1, -0.05) is 12.1 Å². The van der Waals surface area contributed by atoms with Gasteiger partial charge in [-0.05, 0) is 24.1 Å². The van der Waals surface area contributed by atoms with Gasteiger partial charge >= 0.3 is 0 Å². The van der Waals surface area contributed by atoms with Crippen LogP contribution in [0.1, 0.15) is 12.0 Å². The molecule has 0 N–H and O–H groups in total. The first kappa shape index (κ1) is 17.0. The van der Waals surface area contributed by atoms with Gasteiger partial charge in [0.25, 0.3) is 10.1 Å². The van der Waals surface area contributed by atoms with Crippen LogP contribution in [0.4, 0.5) is 0 Å². The maximum atomic E-state index is 11.0. The SMILES string of the molecule is COc1ccc(CSC2CSC(COS(C)(=O)=O)C2)cc1. The lowest BCUT2D eigenvalue weighted by Crippen LogP contribution is -2.14. The molecule has 4 nitrogen and oxygen atoms in total. The van der Waals surface area contributed by atoms with Gasteiger partial charge in [-0.3, -0.25) is 4.18 Å². The van der Waals surface area contributed by atoms with Crippen LogP contribution in [0.2, 0.25) is 0 Å². The summed E-state index contributed by atoms with van der Waals surface area (Å²) in [5.74, 6) is 2.89. The minimum Gasteiger partial charge on any atom is -0.497 e. The summed E-state index contributed by atoms with van der Waals surface area (Å²) < 4.78 is 32.0. The number of hydrogen-bond acceptors (Lipinski definition) is 6. The molecule has 0 aliphatic carbocycles. The predicted octanol–water partition coefficient (Wildman–Crippen LogP) is 2.78. The van der Waals surface area contributed by atoms with Crippen LogP contribution in [0.15, 0.2) is 24.3 Å². The van der Waals surface area contributed by atoms with Crippen LogP contribution in [0.25, 0.3) is 0 Å². The van der Waals surface area contributed by atoms with E-state index in [1.807, 2.05) is 23.9 Å². The average molecular weight is 349 g/mol. The number of thioether (sulfide) groups is 2. The highest BCUT2D eigenvalue weighted by Gasteiger charge is 2.26. The molecule has 0 saturated carbocycles. The quantitative estimate of drug-likeness (QED) is 0.706. The minimum atomic E-state index is -3.32. The number of hydrogen-bond donors (Lipinski definition) is 0. The molecule has 21 heavy (non-hydrogen) atoms. The molecule has 1 heterocycles. The third kappa shape index (κ3) is 6.10. The van der Waals surface area contributed by atoms with Gasteiger partial charge in [0, 0.05) is 22.0 Å². The summed E-state index contributed by atoms with van der Waals surface area (Å²) in [7, 11) is -1.66. The summed E-state index contributed by atoms with van der Waals surface area (Å²) in [5, 5.41) is 0.846. The van der Waals surface area contributed by atoms with E-state index in [4.69, 9.17) is 8.92 Å². The largest absolute Gasteiger partial charge is 0.497 e. The molecule has 2 unspecified atom stereocenters. The van der Waals surface area contributed by atoms with Crippen molar-refractivity contribution in [3.63, 3.8) is 0 Å². The van der Waals surface area contributed by atoms with E-state index in [1.165, 1.54) is 5.56 Å². The van der Waals surface area contributed by atoms with Crippen molar-refractivity contribution < 1.29 is 17.3 Å². The van der Waals surface area contributed by atoms with Gasteiger partial charge in [0.1, 0.15) is 5.75 Å². The molecule has 0 radical (unpaired) electrons. The van der Waals surface area contributed by atoms with Crippen LogP contribution in [0.3, 0.4) is 0 Å². The molecule has 2 atom stereocenters. The molecule has 1 aromatic carbocycles. The fourth-order valence-electron chi connectivity index (χ4n) is 2.04. The second-order valence-electron chi connectivity index (χ2n) is 4.96. The van der Waals surface area contributed by atoms with Gasteiger partial charge in [0.2, 0.25) is 0 Å². The molecular weight excluding hydrogens is 328 g/mol. The second-order valence-corrected chi connectivity index (χ2v) is 9.23. The summed E-state index contributed by atoms with van der Waals surface area (Å²) in [5.41, 5.74) is 1.28. The monoisotopic (exact) mass is 348 g/mol. The van der Waals surface area contributed by atoms with Crippen LogP contribution in [0.5, 0.6) is 5.75 Å². The van der Waals surface area contributed by atoms with Crippen molar-refractivity contribution in [2.75, 3.05) is 25.7 Å². The van der Waals surface area contributed by atoms with Gasteiger partial charge in [-0.15, -0.1) is 0 Å². The van der Waals surface area contributed by atoms with Gasteiger partial charge in [0.15, 0.2) is 0 Å². The zero-order valence-corrected chi connectivity index (χ0v) is 14.6. The Bertz CT molecular complexity index is 542. The van der Waals surface area contributed by atoms with Crippen molar-refractivity contribution in [2.24, 2.45) is 0 Å². The topological polar surface area (TPSA) is 52.6 Å². The van der Waals surface area contributed by atoms with Crippen LogP contribution in [0, 0.1) is 0 Å². The Labute approximate surface area is 135 Å². The molecule has 0 bridgehead atoms. The zero-order chi connectivity index (χ0) is 15.3. The number of methoxy groups -OCH3 is 1. The van der Waals surface area contributed by atoms with E-state index in [2.05, 4.69) is 12.1 Å². The molecule has 1 fully saturated rings. The molecular formula is C14H20O4S3. The molecule has 1 aliphatic heterocycles. The average Bonchev–Trinajstić information content (AvgIpc) is 2.91. The van der Waals surface area contributed by atoms with Crippen LogP contribution >= 0.6 is 23.5 Å². The van der Waals surface area contributed by atoms with E-state index in [0.29, 0.717) is 11.9 Å². The highest BCUT2D eigenvalue weighted by Crippen LogP contribution is 2.36. The summed E-state index contributed by atoms with van der Waals surface area (Å²) in [4.78, 5) is 0. The zero-order valence-electron chi connectivity index (χ0n) is 12.2. The Hall–Kier alpha value is -0.370. The van der Waals surface area contributed by atoms with Crippen molar-refractivity contribution in [3.8, 4) is 5.75 Å². The minimum absolute atomic E-state index is 0.285. The number of benzene rings is 1. The van der Waals surface area contributed by atoms with Crippen molar-refractivity contribution in [1.29, 1.82) is 0 Å². The lowest BCUT2D eigenvalue weighted by Gasteiger charge is -2.10. The maximum Gasteiger partial charge on any atom is 0.264 e. The maximum absolute atomic E-state index is 11.0. The Kier molecular flexibility index (Phi) is 6.28. The summed E-state index contributed by atoms with van der Waals surface area (Å²) in [6, 6.07) is 8.11. The molecule has 1 saturated heterocycles. The summed E-state index contributed by atoms with van der Waals surface area (Å²) in [6.07, 6.45) is 2.10. The van der Waals surface area contributed by atoms with Crippen LogP contribution in [-0.4, -0.2) is 44.6 Å². The first-order valence-electron chi connectivity index (χ1n) is 6.67. The first-order valence-corrected chi connectivity index (χ1v) is 10.6. The number of ether oxygens (including phenoxy) is 1. The van der Waals surface area contributed by atoms with Gasteiger partial charge in [-0.25, -0.2) is 0 Å². The molecule has 7 heteroatoms. The summed E-state index contributed by atoms with van der Waals surface area (Å²) in [6.45, 7) is 0.295. The molecule has 118 valence electrons. The lowest BCUT2D eigenvalue weighted by atomic mass is 10.2. The normalized spacial score (nSPS) is 22.4. The standard InChI is InChI=1S/C14H20O4S3/c1-17-12-5-3-11(4-6-12)9-19-14-7-13(20-10-14)8-18-21(2,15)16/h3-6,13-14H,7-10H2,1-2H3. The molecule has 0 amide bonds. The Morgan fingerprint density at radius 3 is 2.67 bits per heavy atom. The van der Waals surface area contributed by atoms with E-state index in [1.54, 1.807) is 18.9 Å².